The Bertz CT molecular complexity index is 695. The maximum atomic E-state index is 12.7. The number of aromatic nitrogens is 1. The van der Waals surface area contributed by atoms with Crippen molar-refractivity contribution >= 4 is 5.91 Å². The van der Waals surface area contributed by atoms with Gasteiger partial charge in [-0.05, 0) is 61.3 Å². The quantitative estimate of drug-likeness (QED) is 0.813. The fourth-order valence-electron chi connectivity index (χ4n) is 3.56. The van der Waals surface area contributed by atoms with Crippen molar-refractivity contribution in [2.75, 3.05) is 26.7 Å². The van der Waals surface area contributed by atoms with Crippen molar-refractivity contribution < 1.29 is 9.53 Å². The molecule has 1 saturated heterocycles. The minimum absolute atomic E-state index is 0.0804. The molecule has 1 aromatic carbocycles. The van der Waals surface area contributed by atoms with Crippen molar-refractivity contribution in [1.82, 2.24) is 15.2 Å². The average molecular weight is 367 g/mol. The van der Waals surface area contributed by atoms with Crippen LogP contribution in [0.1, 0.15) is 49.3 Å². The van der Waals surface area contributed by atoms with E-state index in [2.05, 4.69) is 15.2 Å². The van der Waals surface area contributed by atoms with Crippen LogP contribution in [0.5, 0.6) is 5.75 Å². The fraction of sp³-hybridized carbons (Fsp3) is 0.455. The fourth-order valence-corrected chi connectivity index (χ4v) is 3.56. The zero-order valence-corrected chi connectivity index (χ0v) is 16.1. The summed E-state index contributed by atoms with van der Waals surface area (Å²) in [5.74, 6) is 0.886. The Morgan fingerprint density at radius 3 is 2.30 bits per heavy atom. The lowest BCUT2D eigenvalue weighted by Crippen LogP contribution is -2.34. The Hall–Kier alpha value is -2.40. The lowest BCUT2D eigenvalue weighted by Gasteiger charge is -2.22. The van der Waals surface area contributed by atoms with Gasteiger partial charge in [-0.2, -0.15) is 0 Å². The van der Waals surface area contributed by atoms with Gasteiger partial charge < -0.3 is 15.0 Å². The molecule has 144 valence electrons. The summed E-state index contributed by atoms with van der Waals surface area (Å²) < 4.78 is 5.25. The Morgan fingerprint density at radius 2 is 1.67 bits per heavy atom. The van der Waals surface area contributed by atoms with E-state index < -0.39 is 0 Å². The summed E-state index contributed by atoms with van der Waals surface area (Å²) in [7, 11) is 1.65. The summed E-state index contributed by atoms with van der Waals surface area (Å²) in [6.45, 7) is 3.05. The van der Waals surface area contributed by atoms with E-state index in [1.165, 1.54) is 25.7 Å². The van der Waals surface area contributed by atoms with Gasteiger partial charge >= 0.3 is 0 Å². The van der Waals surface area contributed by atoms with E-state index in [1.807, 2.05) is 36.4 Å². The van der Waals surface area contributed by atoms with E-state index in [-0.39, 0.29) is 11.9 Å². The molecular weight excluding hydrogens is 338 g/mol. The Morgan fingerprint density at radius 1 is 1.04 bits per heavy atom. The van der Waals surface area contributed by atoms with Crippen LogP contribution in [0.2, 0.25) is 0 Å². The van der Waals surface area contributed by atoms with Crippen molar-refractivity contribution in [2.45, 2.75) is 38.1 Å². The maximum absolute atomic E-state index is 12.7. The Balaban J connectivity index is 1.66. The van der Waals surface area contributed by atoms with Crippen molar-refractivity contribution in [1.29, 1.82) is 0 Å². The Labute approximate surface area is 161 Å². The van der Waals surface area contributed by atoms with E-state index in [9.17, 15) is 4.79 Å². The number of nitrogens with one attached hydrogen (secondary N) is 1. The molecule has 1 aromatic heterocycles. The predicted octanol–water partition coefficient (Wildman–Crippen LogP) is 3.56. The minimum Gasteiger partial charge on any atom is -0.497 e. The third kappa shape index (κ3) is 5.79. The summed E-state index contributed by atoms with van der Waals surface area (Å²) in [4.78, 5) is 19.2. The van der Waals surface area contributed by atoms with Crippen molar-refractivity contribution in [2.24, 2.45) is 0 Å². The number of carbonyl (C=O) groups is 1. The number of methoxy groups -OCH3 is 1. The monoisotopic (exact) mass is 367 g/mol. The second-order valence-corrected chi connectivity index (χ2v) is 7.06. The van der Waals surface area contributed by atoms with Gasteiger partial charge in [0.2, 0.25) is 5.91 Å². The van der Waals surface area contributed by atoms with Crippen LogP contribution in [0.3, 0.4) is 0 Å². The summed E-state index contributed by atoms with van der Waals surface area (Å²) >= 11 is 0. The van der Waals surface area contributed by atoms with Gasteiger partial charge in [0.25, 0.3) is 0 Å². The van der Waals surface area contributed by atoms with Crippen LogP contribution >= 0.6 is 0 Å². The van der Waals surface area contributed by atoms with Gasteiger partial charge in [-0.3, -0.25) is 9.78 Å². The van der Waals surface area contributed by atoms with Crippen LogP contribution in [-0.4, -0.2) is 42.5 Å². The number of ether oxygens (including phenoxy) is 1. The second kappa shape index (κ2) is 10.1. The molecule has 0 aliphatic carbocycles. The number of nitrogens with zero attached hydrogens (tertiary/aromatic N) is 2. The van der Waals surface area contributed by atoms with Gasteiger partial charge in [0.15, 0.2) is 0 Å². The van der Waals surface area contributed by atoms with Gasteiger partial charge in [0.05, 0.1) is 13.2 Å². The standard InChI is InChI=1S/C22H29N3O2/c1-27-20-8-6-18(7-9-20)22(19-10-13-23-14-11-19)24-21(26)12-17-25-15-4-2-3-5-16-25/h6-11,13-14,22H,2-5,12,15-17H2,1H3,(H,24,26). The molecule has 2 heterocycles. The number of pyridine rings is 1. The van der Waals surface area contributed by atoms with Crippen LogP contribution in [0.15, 0.2) is 48.8 Å². The number of rotatable bonds is 7. The van der Waals surface area contributed by atoms with Crippen LogP contribution < -0.4 is 10.1 Å². The summed E-state index contributed by atoms with van der Waals surface area (Å²) in [5.41, 5.74) is 2.06. The molecule has 1 N–H and O–H groups in total. The van der Waals surface area contributed by atoms with Crippen molar-refractivity contribution in [3.05, 3.63) is 59.9 Å². The topological polar surface area (TPSA) is 54.5 Å². The zero-order valence-electron chi connectivity index (χ0n) is 16.1. The lowest BCUT2D eigenvalue weighted by molar-refractivity contribution is -0.121. The van der Waals surface area contributed by atoms with Gasteiger partial charge in [-0.15, -0.1) is 0 Å². The first-order valence-electron chi connectivity index (χ1n) is 9.82. The second-order valence-electron chi connectivity index (χ2n) is 7.06. The van der Waals surface area contributed by atoms with Crippen molar-refractivity contribution in [3.8, 4) is 5.75 Å². The summed E-state index contributed by atoms with van der Waals surface area (Å²) in [6, 6.07) is 11.6. The number of hydrogen-bond donors (Lipinski definition) is 1. The van der Waals surface area contributed by atoms with E-state index >= 15 is 0 Å². The molecule has 0 spiro atoms. The minimum atomic E-state index is -0.185. The molecule has 0 bridgehead atoms. The van der Waals surface area contributed by atoms with E-state index in [0.29, 0.717) is 6.42 Å². The van der Waals surface area contributed by atoms with Gasteiger partial charge in [-0.1, -0.05) is 25.0 Å². The molecule has 1 aliphatic rings. The highest BCUT2D eigenvalue weighted by Gasteiger charge is 2.18. The SMILES string of the molecule is COc1ccc(C(NC(=O)CCN2CCCCCC2)c2ccncc2)cc1. The summed E-state index contributed by atoms with van der Waals surface area (Å²) in [6.07, 6.45) is 9.15. The zero-order chi connectivity index (χ0) is 18.9. The van der Waals surface area contributed by atoms with Crippen LogP contribution in [0.4, 0.5) is 0 Å². The number of benzene rings is 1. The lowest BCUT2D eigenvalue weighted by atomic mass is 9.99. The van der Waals surface area contributed by atoms with Crippen molar-refractivity contribution in [3.63, 3.8) is 0 Å². The van der Waals surface area contributed by atoms with E-state index in [0.717, 1.165) is 36.5 Å². The highest BCUT2D eigenvalue weighted by molar-refractivity contribution is 5.77. The highest BCUT2D eigenvalue weighted by Crippen LogP contribution is 2.24. The molecule has 1 aliphatic heterocycles. The van der Waals surface area contributed by atoms with Gasteiger partial charge in [0, 0.05) is 25.4 Å². The maximum Gasteiger partial charge on any atom is 0.222 e. The normalized spacial score (nSPS) is 16.3. The Kier molecular flexibility index (Phi) is 7.22. The molecule has 1 fully saturated rings. The first-order valence-corrected chi connectivity index (χ1v) is 9.82. The molecule has 0 saturated carbocycles. The molecule has 3 rings (SSSR count). The number of carbonyl (C=O) groups excluding carboxylic acids is 1. The average Bonchev–Trinajstić information content (AvgIpc) is 3.00. The van der Waals surface area contributed by atoms with Crippen LogP contribution in [0, 0.1) is 0 Å². The largest absolute Gasteiger partial charge is 0.497 e. The summed E-state index contributed by atoms with van der Waals surface area (Å²) in [5, 5.41) is 3.21. The smallest absolute Gasteiger partial charge is 0.222 e. The third-order valence-electron chi connectivity index (χ3n) is 5.15. The molecule has 27 heavy (non-hydrogen) atoms. The highest BCUT2D eigenvalue weighted by atomic mass is 16.5. The number of hydrogen-bond acceptors (Lipinski definition) is 4. The molecule has 5 heteroatoms. The number of amides is 1. The third-order valence-corrected chi connectivity index (χ3v) is 5.15. The molecule has 5 nitrogen and oxygen atoms in total. The molecule has 2 aromatic rings. The first-order chi connectivity index (χ1) is 13.3. The number of likely N-dealkylation sites (tertiary alicyclic amines) is 1. The van der Waals surface area contributed by atoms with Gasteiger partial charge in [-0.25, -0.2) is 0 Å². The van der Waals surface area contributed by atoms with Crippen LogP contribution in [0.25, 0.3) is 0 Å². The molecule has 1 atom stereocenters. The van der Waals surface area contributed by atoms with Gasteiger partial charge in [0.1, 0.15) is 5.75 Å². The molecule has 1 amide bonds. The van der Waals surface area contributed by atoms with E-state index in [1.54, 1.807) is 19.5 Å². The molecule has 1 unspecified atom stereocenters. The molecular formula is C22H29N3O2. The van der Waals surface area contributed by atoms with Crippen LogP contribution in [-0.2, 0) is 4.79 Å². The predicted molar refractivity (Wildman–Crippen MR) is 107 cm³/mol. The van der Waals surface area contributed by atoms with E-state index in [4.69, 9.17) is 4.74 Å². The molecule has 0 radical (unpaired) electrons. The first kappa shape index (κ1) is 19.4.